The zero-order valence-corrected chi connectivity index (χ0v) is 26.0. The summed E-state index contributed by atoms with van der Waals surface area (Å²) < 4.78 is 20.4. The highest BCUT2D eigenvalue weighted by Crippen LogP contribution is 2.28. The molecule has 1 amide bonds. The smallest absolute Gasteiger partial charge is 0.259 e. The lowest BCUT2D eigenvalue weighted by Gasteiger charge is -2.08. The highest BCUT2D eigenvalue weighted by Gasteiger charge is 2.10. The van der Waals surface area contributed by atoms with Crippen molar-refractivity contribution in [3.63, 3.8) is 0 Å². The number of rotatable bonds is 7. The van der Waals surface area contributed by atoms with Gasteiger partial charge < -0.3 is 35.4 Å². The summed E-state index contributed by atoms with van der Waals surface area (Å²) in [6, 6.07) is 13.1. The molecule has 0 aliphatic rings. The maximum absolute atomic E-state index is 12.2. The summed E-state index contributed by atoms with van der Waals surface area (Å²) in [6.45, 7) is 0. The van der Waals surface area contributed by atoms with Crippen molar-refractivity contribution in [2.75, 3.05) is 34.2 Å². The van der Waals surface area contributed by atoms with Gasteiger partial charge in [-0.2, -0.15) is 0 Å². The molecule has 5 N–H and O–H groups in total. The number of carbonyl (C=O) groups excluding carboxylic acids is 2. The van der Waals surface area contributed by atoms with Gasteiger partial charge in [0.1, 0.15) is 45.4 Å². The Labute approximate surface area is 267 Å². The van der Waals surface area contributed by atoms with Crippen LogP contribution in [0.3, 0.4) is 0 Å². The maximum Gasteiger partial charge on any atom is 0.259 e. The van der Waals surface area contributed by atoms with E-state index in [1.54, 1.807) is 64.8 Å². The first kappa shape index (κ1) is 34.1. The fourth-order valence-corrected chi connectivity index (χ4v) is 3.96. The predicted octanol–water partition coefficient (Wildman–Crippen LogP) is 4.59. The molecule has 13 nitrogen and oxygen atoms in total. The summed E-state index contributed by atoms with van der Waals surface area (Å²) >= 11 is 11.3. The predicted molar refractivity (Wildman–Crippen MR) is 171 cm³/mol. The Morgan fingerprint density at radius 1 is 0.800 bits per heavy atom. The zero-order chi connectivity index (χ0) is 33.1. The van der Waals surface area contributed by atoms with E-state index in [2.05, 4.69) is 19.9 Å². The lowest BCUT2D eigenvalue weighted by molar-refractivity contribution is 0.100. The number of halogens is 2. The van der Waals surface area contributed by atoms with Gasteiger partial charge in [0.25, 0.3) is 11.5 Å². The van der Waals surface area contributed by atoms with Crippen molar-refractivity contribution in [1.82, 2.24) is 19.9 Å². The third-order valence-corrected chi connectivity index (χ3v) is 6.27. The summed E-state index contributed by atoms with van der Waals surface area (Å²) in [7, 11) is 6.20. The number of nitrogens with two attached hydrogens (primary N) is 2. The molecule has 0 aliphatic heterocycles. The number of nitrogens with one attached hydrogen (secondary N) is 1. The quantitative estimate of drug-likeness (QED) is 0.164. The Bertz CT molecular complexity index is 1840. The van der Waals surface area contributed by atoms with E-state index in [-0.39, 0.29) is 27.1 Å². The fourth-order valence-electron chi connectivity index (χ4n) is 3.65. The number of hydrogen-bond donors (Lipinski definition) is 3. The van der Waals surface area contributed by atoms with Gasteiger partial charge >= 0.3 is 0 Å². The molecule has 0 saturated carbocycles. The maximum atomic E-state index is 12.2. The minimum Gasteiger partial charge on any atom is -0.497 e. The van der Waals surface area contributed by atoms with Crippen LogP contribution in [0.15, 0.2) is 65.7 Å². The van der Waals surface area contributed by atoms with E-state index in [9.17, 15) is 14.4 Å². The van der Waals surface area contributed by atoms with Crippen LogP contribution < -0.4 is 36.0 Å². The summed E-state index contributed by atoms with van der Waals surface area (Å²) in [5, 5.41) is 0.835. The Kier molecular flexibility index (Phi) is 12.0. The van der Waals surface area contributed by atoms with Crippen molar-refractivity contribution >= 4 is 52.0 Å². The minimum atomic E-state index is -0.605. The molecule has 3 aromatic heterocycles. The van der Waals surface area contributed by atoms with E-state index in [0.717, 1.165) is 6.29 Å². The molecule has 3 heterocycles. The topological polar surface area (TPSA) is 195 Å². The number of methoxy groups -OCH3 is 4. The number of hydrogen-bond acceptors (Lipinski definition) is 11. The number of pyridine rings is 2. The van der Waals surface area contributed by atoms with Gasteiger partial charge in [0, 0.05) is 23.3 Å². The molecule has 5 aromatic rings. The lowest BCUT2D eigenvalue weighted by atomic mass is 10.1. The number of anilines is 1. The number of fused-ring (bicyclic) bond motifs is 1. The van der Waals surface area contributed by atoms with Gasteiger partial charge in [-0.05, 0) is 36.4 Å². The molecule has 0 spiro atoms. The molecule has 0 atom stereocenters. The zero-order valence-electron chi connectivity index (χ0n) is 24.5. The number of ether oxygens (including phenoxy) is 4. The van der Waals surface area contributed by atoms with Gasteiger partial charge in [0.05, 0.1) is 63.0 Å². The average molecular weight is 655 g/mol. The van der Waals surface area contributed by atoms with Crippen molar-refractivity contribution in [3.8, 4) is 34.4 Å². The third kappa shape index (κ3) is 9.29. The number of carbonyl (C=O) groups is 2. The number of aromatic amines is 1. The van der Waals surface area contributed by atoms with Gasteiger partial charge in [-0.1, -0.05) is 23.2 Å². The lowest BCUT2D eigenvalue weighted by Crippen LogP contribution is -2.13. The summed E-state index contributed by atoms with van der Waals surface area (Å²) in [4.78, 5) is 48.0. The van der Waals surface area contributed by atoms with Crippen molar-refractivity contribution < 1.29 is 28.5 Å². The third-order valence-electron chi connectivity index (χ3n) is 5.86. The second-order valence-electron chi connectivity index (χ2n) is 8.76. The molecule has 0 bridgehead atoms. The normalized spacial score (nSPS) is 10.0. The number of primary amides is 1. The molecule has 0 radical (unpaired) electrons. The Morgan fingerprint density at radius 2 is 1.31 bits per heavy atom. The molecule has 0 fully saturated rings. The van der Waals surface area contributed by atoms with Crippen LogP contribution in [0.1, 0.15) is 20.7 Å². The number of H-pyrrole nitrogens is 1. The first-order valence-corrected chi connectivity index (χ1v) is 13.5. The number of aldehydes is 1. The summed E-state index contributed by atoms with van der Waals surface area (Å²) in [5.74, 6) is 2.25. The van der Waals surface area contributed by atoms with Crippen LogP contribution in [0.4, 0.5) is 5.69 Å². The largest absolute Gasteiger partial charge is 0.497 e. The summed E-state index contributed by atoms with van der Waals surface area (Å²) in [6.07, 6.45) is 3.52. The second-order valence-corrected chi connectivity index (χ2v) is 9.54. The van der Waals surface area contributed by atoms with Crippen LogP contribution in [-0.2, 0) is 0 Å². The molecule has 15 heteroatoms. The number of aromatic nitrogens is 4. The van der Waals surface area contributed by atoms with Crippen molar-refractivity contribution in [2.24, 2.45) is 5.73 Å². The molecular formula is C30H28Cl2N6O7. The van der Waals surface area contributed by atoms with Gasteiger partial charge in [0.2, 0.25) is 0 Å². The van der Waals surface area contributed by atoms with E-state index in [1.165, 1.54) is 24.5 Å². The van der Waals surface area contributed by atoms with Crippen LogP contribution >= 0.6 is 23.2 Å². The van der Waals surface area contributed by atoms with Gasteiger partial charge in [-0.3, -0.25) is 14.4 Å². The molecule has 0 aliphatic carbocycles. The van der Waals surface area contributed by atoms with Gasteiger partial charge in [-0.25, -0.2) is 15.0 Å². The van der Waals surface area contributed by atoms with Gasteiger partial charge in [-0.15, -0.1) is 0 Å². The molecule has 5 rings (SSSR count). The van der Waals surface area contributed by atoms with E-state index in [4.69, 9.17) is 53.6 Å². The molecular weight excluding hydrogens is 627 g/mol. The monoisotopic (exact) mass is 654 g/mol. The van der Waals surface area contributed by atoms with Crippen LogP contribution in [-0.4, -0.2) is 60.6 Å². The number of nitrogens with zero attached hydrogens (tertiary/aromatic N) is 3. The fraction of sp³-hybridized carbons (Fsp3) is 0.133. The van der Waals surface area contributed by atoms with Crippen LogP contribution in [0, 0.1) is 0 Å². The first-order chi connectivity index (χ1) is 21.5. The van der Waals surface area contributed by atoms with Crippen molar-refractivity contribution in [1.29, 1.82) is 0 Å². The summed E-state index contributed by atoms with van der Waals surface area (Å²) in [5.41, 5.74) is 12.2. The Balaban J connectivity index is 0.000000203. The second kappa shape index (κ2) is 15.9. The highest BCUT2D eigenvalue weighted by atomic mass is 35.5. The van der Waals surface area contributed by atoms with E-state index >= 15 is 0 Å². The Morgan fingerprint density at radius 3 is 1.80 bits per heavy atom. The van der Waals surface area contributed by atoms with Crippen LogP contribution in [0.5, 0.6) is 23.0 Å². The standard InChI is InChI=1S/C15H12ClN3O3.C9H10O3.C6H6ClN3O/c1-21-9-3-8(4-10(5-9)22-2)14-18-12-7-17-13(16)6-11(12)15(20)19-14;1-11-8-3-7(6-10)4-9(5-8)12-2;7-5-1-3(6(9)11)4(8)2-10-5/h3-7H,1-2H3,(H,18,19,20);3-6H,1-2H3;1-2H,8H2,(H2,9,11). The van der Waals surface area contributed by atoms with Gasteiger partial charge in [0.15, 0.2) is 0 Å². The number of amides is 1. The molecule has 0 unspecified atom stereocenters. The first-order valence-electron chi connectivity index (χ1n) is 12.7. The van der Waals surface area contributed by atoms with E-state index < -0.39 is 5.91 Å². The van der Waals surface area contributed by atoms with E-state index in [0.29, 0.717) is 50.9 Å². The SMILES string of the molecule is COc1cc(C=O)cc(OC)c1.COc1cc(OC)cc(-c2nc3cnc(Cl)cc3c(=O)[nH]2)c1.NC(=O)c1cc(Cl)ncc1N. The van der Waals surface area contributed by atoms with E-state index in [1.807, 2.05) is 0 Å². The van der Waals surface area contributed by atoms with Crippen molar-refractivity contribution in [3.05, 3.63) is 92.7 Å². The molecule has 234 valence electrons. The molecule has 2 aromatic carbocycles. The molecule has 0 saturated heterocycles. The Hall–Kier alpha value is -5.40. The van der Waals surface area contributed by atoms with Crippen LogP contribution in [0.2, 0.25) is 10.3 Å². The van der Waals surface area contributed by atoms with Crippen LogP contribution in [0.25, 0.3) is 22.3 Å². The average Bonchev–Trinajstić information content (AvgIpc) is 3.05. The molecule has 45 heavy (non-hydrogen) atoms. The highest BCUT2D eigenvalue weighted by molar-refractivity contribution is 6.30. The minimum absolute atomic E-state index is 0.199. The number of nitrogen functional groups attached to an aromatic ring is 1. The van der Waals surface area contributed by atoms with Crippen molar-refractivity contribution in [2.45, 2.75) is 0 Å². The number of benzene rings is 2.